The van der Waals surface area contributed by atoms with Gasteiger partial charge >= 0.3 is 0 Å². The van der Waals surface area contributed by atoms with Gasteiger partial charge in [0.2, 0.25) is 0 Å². The van der Waals surface area contributed by atoms with Gasteiger partial charge < -0.3 is 15.2 Å². The van der Waals surface area contributed by atoms with E-state index in [9.17, 15) is 14.3 Å². The fourth-order valence-corrected chi connectivity index (χ4v) is 2.18. The third-order valence-electron chi connectivity index (χ3n) is 3.23. The third-order valence-corrected chi connectivity index (χ3v) is 3.54. The summed E-state index contributed by atoms with van der Waals surface area (Å²) in [5.74, 6) is -0.301. The van der Waals surface area contributed by atoms with Gasteiger partial charge in [0, 0.05) is 12.5 Å². The summed E-state index contributed by atoms with van der Waals surface area (Å²) < 4.78 is 17.7. The van der Waals surface area contributed by atoms with Gasteiger partial charge in [0.15, 0.2) is 0 Å². The molecule has 0 aromatic heterocycles. The van der Waals surface area contributed by atoms with Crippen molar-refractivity contribution in [2.45, 2.75) is 38.9 Å². The number of carbonyl (C=O) groups excluding carboxylic acids is 1. The Hall–Kier alpha value is -1.17. The van der Waals surface area contributed by atoms with Crippen molar-refractivity contribution in [3.05, 3.63) is 34.6 Å². The summed E-state index contributed by atoms with van der Waals surface area (Å²) in [5.41, 5.74) is 0.285. The van der Waals surface area contributed by atoms with E-state index in [2.05, 4.69) is 10.1 Å². The molecule has 0 aliphatic carbocycles. The fourth-order valence-electron chi connectivity index (χ4n) is 2.06. The summed E-state index contributed by atoms with van der Waals surface area (Å²) in [6.45, 7) is 7.62. The van der Waals surface area contributed by atoms with Crippen LogP contribution in [0.2, 0.25) is 5.02 Å². The zero-order valence-corrected chi connectivity index (χ0v) is 13.9. The molecule has 1 aromatic rings. The van der Waals surface area contributed by atoms with Crippen molar-refractivity contribution in [2.24, 2.45) is 5.92 Å². The van der Waals surface area contributed by atoms with Crippen LogP contribution in [-0.2, 0) is 9.53 Å². The van der Waals surface area contributed by atoms with Gasteiger partial charge in [-0.25, -0.2) is 4.39 Å². The molecule has 1 aromatic carbocycles. The molecule has 1 heterocycles. The van der Waals surface area contributed by atoms with E-state index >= 15 is 0 Å². The van der Waals surface area contributed by atoms with E-state index in [4.69, 9.17) is 11.6 Å². The fraction of sp³-hybridized carbons (Fsp3) is 0.562. The van der Waals surface area contributed by atoms with Crippen LogP contribution in [-0.4, -0.2) is 30.3 Å². The molecule has 0 bridgehead atoms. The van der Waals surface area contributed by atoms with Crippen molar-refractivity contribution in [2.75, 3.05) is 13.1 Å². The quantitative estimate of drug-likeness (QED) is 0.836. The highest BCUT2D eigenvalue weighted by Crippen LogP contribution is 2.28. The molecule has 124 valence electrons. The zero-order valence-electron chi connectivity index (χ0n) is 13.1. The number of hydrogen-bond donors (Lipinski definition) is 2. The molecule has 0 amide bonds. The van der Waals surface area contributed by atoms with Crippen LogP contribution < -0.4 is 5.32 Å². The lowest BCUT2D eigenvalue weighted by Gasteiger charge is -2.17. The number of ether oxygens (including phenoxy) is 1. The third kappa shape index (κ3) is 6.30. The van der Waals surface area contributed by atoms with Gasteiger partial charge in [-0.15, -0.1) is 0 Å². The summed E-state index contributed by atoms with van der Waals surface area (Å²) >= 11 is 5.58. The topological polar surface area (TPSA) is 58.6 Å². The van der Waals surface area contributed by atoms with Crippen LogP contribution in [0.25, 0.3) is 0 Å². The Morgan fingerprint density at radius 1 is 1.50 bits per heavy atom. The van der Waals surface area contributed by atoms with Gasteiger partial charge in [0.05, 0.1) is 11.1 Å². The summed E-state index contributed by atoms with van der Waals surface area (Å²) in [4.78, 5) is 9.60. The van der Waals surface area contributed by atoms with Crippen LogP contribution in [0.3, 0.4) is 0 Å². The molecule has 22 heavy (non-hydrogen) atoms. The number of aliphatic hydroxyl groups excluding tert-OH is 1. The summed E-state index contributed by atoms with van der Waals surface area (Å²) in [5, 5.41) is 13.2. The van der Waals surface area contributed by atoms with Crippen LogP contribution >= 0.6 is 11.6 Å². The number of nitrogens with one attached hydrogen (secondary N) is 1. The molecule has 2 atom stereocenters. The lowest BCUT2D eigenvalue weighted by molar-refractivity contribution is -0.138. The van der Waals surface area contributed by atoms with E-state index < -0.39 is 11.9 Å². The largest absolute Gasteiger partial charge is 0.462 e. The molecule has 2 N–H and O–H groups in total. The highest BCUT2D eigenvalue weighted by atomic mass is 35.5. The summed E-state index contributed by atoms with van der Waals surface area (Å²) in [6.07, 6.45) is 0.317. The zero-order chi connectivity index (χ0) is 16.8. The Labute approximate surface area is 135 Å². The predicted octanol–water partition coefficient (Wildman–Crippen LogP) is 3.08. The van der Waals surface area contributed by atoms with Crippen molar-refractivity contribution in [1.29, 1.82) is 0 Å². The first-order valence-electron chi connectivity index (χ1n) is 7.20. The first-order valence-corrected chi connectivity index (χ1v) is 7.57. The number of halogens is 2. The van der Waals surface area contributed by atoms with Crippen molar-refractivity contribution in [3.8, 4) is 0 Å². The second-order valence-electron chi connectivity index (χ2n) is 6.20. The van der Waals surface area contributed by atoms with Crippen LogP contribution in [0.15, 0.2) is 18.2 Å². The van der Waals surface area contributed by atoms with Crippen LogP contribution in [0, 0.1) is 11.7 Å². The first kappa shape index (κ1) is 18.9. The number of carbonyl (C=O) groups is 1. The Bertz CT molecular complexity index is 485. The summed E-state index contributed by atoms with van der Waals surface area (Å²) in [6, 6.07) is 4.47. The van der Waals surface area contributed by atoms with Gasteiger partial charge in [-0.05, 0) is 51.4 Å². The van der Waals surface area contributed by atoms with Crippen molar-refractivity contribution in [3.63, 3.8) is 0 Å². The maximum atomic E-state index is 13.2. The molecule has 1 aliphatic heterocycles. The lowest BCUT2D eigenvalue weighted by Crippen LogP contribution is -2.17. The van der Waals surface area contributed by atoms with Crippen LogP contribution in [0.5, 0.6) is 0 Å². The molecule has 2 rings (SSSR count). The lowest BCUT2D eigenvalue weighted by atomic mass is 9.95. The molecule has 1 unspecified atom stereocenters. The minimum atomic E-state index is -0.605. The van der Waals surface area contributed by atoms with Crippen molar-refractivity contribution >= 4 is 18.1 Å². The molecule has 0 radical (unpaired) electrons. The standard InChI is InChI=1S/C11H13ClFNO.C5H10O2/c12-9-2-1-7(5-10(9)13)11(15)8-3-4-14-6-8;1-5(2,3)7-4-6/h1-2,5,8,11,14-15H,3-4,6H2;4H,1-3H3/t8-,11?;/m1./s1. The van der Waals surface area contributed by atoms with Gasteiger partial charge in [0.25, 0.3) is 6.47 Å². The van der Waals surface area contributed by atoms with Gasteiger partial charge in [0.1, 0.15) is 11.4 Å². The Morgan fingerprint density at radius 3 is 2.59 bits per heavy atom. The van der Waals surface area contributed by atoms with Crippen molar-refractivity contribution < 1.29 is 19.0 Å². The monoisotopic (exact) mass is 331 g/mol. The Balaban J connectivity index is 0.000000295. The van der Waals surface area contributed by atoms with Crippen molar-refractivity contribution in [1.82, 2.24) is 5.32 Å². The van der Waals surface area contributed by atoms with Gasteiger partial charge in [-0.2, -0.15) is 0 Å². The molecular weight excluding hydrogens is 309 g/mol. The molecule has 1 saturated heterocycles. The Morgan fingerprint density at radius 2 is 2.18 bits per heavy atom. The van der Waals surface area contributed by atoms with E-state index in [0.29, 0.717) is 12.0 Å². The second kappa shape index (κ2) is 8.46. The second-order valence-corrected chi connectivity index (χ2v) is 6.60. The highest BCUT2D eigenvalue weighted by Gasteiger charge is 2.24. The van der Waals surface area contributed by atoms with E-state index in [1.807, 2.05) is 20.8 Å². The SMILES string of the molecule is CC(C)(C)OC=O.OC(c1ccc(Cl)c(F)c1)[C@@H]1CCNC1. The number of rotatable bonds is 3. The maximum absolute atomic E-state index is 13.2. The van der Waals surface area contributed by atoms with Gasteiger partial charge in [-0.1, -0.05) is 17.7 Å². The molecule has 1 fully saturated rings. The predicted molar refractivity (Wildman–Crippen MR) is 84.2 cm³/mol. The minimum Gasteiger partial charge on any atom is -0.462 e. The average Bonchev–Trinajstić information content (AvgIpc) is 2.94. The smallest absolute Gasteiger partial charge is 0.293 e. The van der Waals surface area contributed by atoms with E-state index in [0.717, 1.165) is 19.5 Å². The van der Waals surface area contributed by atoms with Gasteiger partial charge in [-0.3, -0.25) is 4.79 Å². The molecule has 6 heteroatoms. The Kier molecular flexibility index (Phi) is 7.26. The van der Waals surface area contributed by atoms with Crippen LogP contribution in [0.1, 0.15) is 38.9 Å². The normalized spacial score (nSPS) is 19.1. The molecule has 0 spiro atoms. The van der Waals surface area contributed by atoms with Crippen LogP contribution in [0.4, 0.5) is 4.39 Å². The maximum Gasteiger partial charge on any atom is 0.293 e. The van der Waals surface area contributed by atoms with E-state index in [-0.39, 0.29) is 16.5 Å². The molecule has 0 saturated carbocycles. The molecular formula is C16H23ClFNO3. The number of hydrogen-bond acceptors (Lipinski definition) is 4. The first-order chi connectivity index (χ1) is 10.2. The van der Waals surface area contributed by atoms with E-state index in [1.54, 1.807) is 6.07 Å². The van der Waals surface area contributed by atoms with E-state index in [1.165, 1.54) is 12.1 Å². The highest BCUT2D eigenvalue weighted by molar-refractivity contribution is 6.30. The minimum absolute atomic E-state index is 0.0931. The molecule has 4 nitrogen and oxygen atoms in total. The number of aliphatic hydroxyl groups is 1. The average molecular weight is 332 g/mol. The number of benzene rings is 1. The summed E-state index contributed by atoms with van der Waals surface area (Å²) in [7, 11) is 0. The molecule has 1 aliphatic rings.